The Labute approximate surface area is 253 Å². The number of rotatable bonds is 8. The van der Waals surface area contributed by atoms with Crippen molar-refractivity contribution in [2.45, 2.75) is 30.7 Å². The summed E-state index contributed by atoms with van der Waals surface area (Å²) in [5.74, 6) is -3.01. The van der Waals surface area contributed by atoms with E-state index in [-0.39, 0.29) is 34.2 Å². The van der Waals surface area contributed by atoms with Crippen molar-refractivity contribution in [3.05, 3.63) is 76.5 Å². The van der Waals surface area contributed by atoms with Gasteiger partial charge in [0.25, 0.3) is 0 Å². The van der Waals surface area contributed by atoms with Gasteiger partial charge >= 0.3 is 5.97 Å². The van der Waals surface area contributed by atoms with Gasteiger partial charge in [-0.1, -0.05) is 12.1 Å². The largest absolute Gasteiger partial charge is 0.508 e. The normalized spacial score (nSPS) is 21.6. The van der Waals surface area contributed by atoms with Crippen LogP contribution in [0.5, 0.6) is 34.5 Å². The molecule has 5 atom stereocenters. The van der Waals surface area contributed by atoms with E-state index in [1.807, 2.05) is 0 Å². The monoisotopic (exact) mass is 624 g/mol. The van der Waals surface area contributed by atoms with Crippen molar-refractivity contribution in [3.63, 3.8) is 0 Å². The summed E-state index contributed by atoms with van der Waals surface area (Å²) in [5, 5.41) is 71.2. The van der Waals surface area contributed by atoms with Crippen molar-refractivity contribution >= 4 is 23.0 Å². The number of aliphatic hydroxyl groups is 3. The number of carbonyl (C=O) groups excluding carboxylic acids is 1. The maximum Gasteiger partial charge on any atom is 0.330 e. The molecule has 3 aromatic carbocycles. The average Bonchev–Trinajstić information content (AvgIpc) is 3.01. The zero-order chi connectivity index (χ0) is 32.4. The number of hydrogen-bond acceptors (Lipinski definition) is 14. The predicted molar refractivity (Wildman–Crippen MR) is 155 cm³/mol. The fourth-order valence-corrected chi connectivity index (χ4v) is 4.61. The van der Waals surface area contributed by atoms with E-state index in [0.29, 0.717) is 5.56 Å². The fraction of sp³-hybridized carbons (Fsp3) is 0.226. The standard InChI is InChI=1S/C31H28O14/c1-41-20-10-15(5-8-18(20)34)29-30(26(38)24-19(35)11-17(33)12-21(24)43-29)45-31-28(40)27(39)25(37)22(44-31)13-42-23(36)9-4-14-2-6-16(32)7-3-14/h2-12,22,25,27-28,31-35,37,39-40H,13H2,1H3/b9-4+/t22-,25-,27-,28+,31+/m1/s1. The molecule has 0 unspecified atom stereocenters. The topological polar surface area (TPSA) is 226 Å². The molecular formula is C31H28O14. The number of aliphatic hydroxyl groups excluding tert-OH is 3. The molecule has 1 aromatic heterocycles. The lowest BCUT2D eigenvalue weighted by Crippen LogP contribution is -2.60. The molecule has 1 saturated heterocycles. The average molecular weight is 625 g/mol. The Morgan fingerprint density at radius 1 is 0.889 bits per heavy atom. The molecule has 0 spiro atoms. The fourth-order valence-electron chi connectivity index (χ4n) is 4.61. The molecule has 1 aliphatic heterocycles. The van der Waals surface area contributed by atoms with Gasteiger partial charge in [-0.15, -0.1) is 0 Å². The van der Waals surface area contributed by atoms with Gasteiger partial charge in [-0.2, -0.15) is 0 Å². The smallest absolute Gasteiger partial charge is 0.330 e. The number of phenols is 4. The minimum absolute atomic E-state index is 0.00575. The molecule has 0 aliphatic carbocycles. The molecule has 14 heteroatoms. The number of hydrogen-bond donors (Lipinski definition) is 7. The Morgan fingerprint density at radius 2 is 1.62 bits per heavy atom. The Hall–Kier alpha value is -5.28. The van der Waals surface area contributed by atoms with Crippen LogP contribution in [0.25, 0.3) is 28.4 Å². The SMILES string of the molecule is COc1cc(-c2oc3cc(O)cc(O)c3c(=O)c2O[C@@H]2O[C@H](COC(=O)/C=C/c3ccc(O)cc3)[C@@H](O)[C@@H](O)[C@@H]2O)ccc1O. The maximum atomic E-state index is 13.7. The van der Waals surface area contributed by atoms with E-state index in [2.05, 4.69) is 0 Å². The first-order valence-electron chi connectivity index (χ1n) is 13.4. The second-order valence-electron chi connectivity index (χ2n) is 10.0. The van der Waals surface area contributed by atoms with Crippen molar-refractivity contribution in [3.8, 4) is 45.8 Å². The van der Waals surface area contributed by atoms with E-state index in [9.17, 15) is 45.3 Å². The lowest BCUT2D eigenvalue weighted by atomic mass is 9.99. The number of benzene rings is 3. The summed E-state index contributed by atoms with van der Waals surface area (Å²) < 4.78 is 27.5. The van der Waals surface area contributed by atoms with Gasteiger partial charge in [0.15, 0.2) is 17.3 Å². The van der Waals surface area contributed by atoms with Gasteiger partial charge in [-0.05, 0) is 42.0 Å². The van der Waals surface area contributed by atoms with Gasteiger partial charge in [0.2, 0.25) is 17.5 Å². The summed E-state index contributed by atoms with van der Waals surface area (Å²) in [4.78, 5) is 26.0. The number of fused-ring (bicyclic) bond motifs is 1. The molecule has 2 heterocycles. The third kappa shape index (κ3) is 6.49. The molecule has 0 amide bonds. The van der Waals surface area contributed by atoms with Crippen LogP contribution in [0.3, 0.4) is 0 Å². The minimum atomic E-state index is -1.92. The van der Waals surface area contributed by atoms with E-state index in [4.69, 9.17) is 23.4 Å². The molecule has 7 N–H and O–H groups in total. The molecule has 45 heavy (non-hydrogen) atoms. The molecule has 1 aliphatic rings. The highest BCUT2D eigenvalue weighted by Crippen LogP contribution is 2.39. The Bertz CT molecular complexity index is 1800. The first-order valence-corrected chi connectivity index (χ1v) is 13.4. The molecule has 236 valence electrons. The van der Waals surface area contributed by atoms with E-state index in [0.717, 1.165) is 18.2 Å². The van der Waals surface area contributed by atoms with Crippen LogP contribution in [0.1, 0.15) is 5.56 Å². The van der Waals surface area contributed by atoms with E-state index >= 15 is 0 Å². The minimum Gasteiger partial charge on any atom is -0.508 e. The van der Waals surface area contributed by atoms with E-state index < -0.39 is 71.3 Å². The first-order chi connectivity index (χ1) is 21.5. The molecule has 0 saturated carbocycles. The van der Waals surface area contributed by atoms with Crippen LogP contribution in [-0.2, 0) is 14.3 Å². The molecule has 5 rings (SSSR count). The third-order valence-corrected chi connectivity index (χ3v) is 6.96. The van der Waals surface area contributed by atoms with Crippen molar-refractivity contribution < 1.29 is 63.9 Å². The Morgan fingerprint density at radius 3 is 2.33 bits per heavy atom. The van der Waals surface area contributed by atoms with Crippen LogP contribution in [0, 0.1) is 0 Å². The summed E-state index contributed by atoms with van der Waals surface area (Å²) >= 11 is 0. The van der Waals surface area contributed by atoms with Crippen molar-refractivity contribution in [2.24, 2.45) is 0 Å². The zero-order valence-corrected chi connectivity index (χ0v) is 23.4. The van der Waals surface area contributed by atoms with Gasteiger partial charge in [-0.25, -0.2) is 4.79 Å². The third-order valence-electron chi connectivity index (χ3n) is 6.96. The van der Waals surface area contributed by atoms with Crippen LogP contribution >= 0.6 is 0 Å². The molecule has 1 fully saturated rings. The first kappa shape index (κ1) is 31.2. The lowest BCUT2D eigenvalue weighted by molar-refractivity contribution is -0.278. The van der Waals surface area contributed by atoms with Crippen LogP contribution in [0.15, 0.2) is 69.9 Å². The van der Waals surface area contributed by atoms with Gasteiger partial charge in [0.1, 0.15) is 59.2 Å². The zero-order valence-electron chi connectivity index (χ0n) is 23.4. The highest BCUT2D eigenvalue weighted by molar-refractivity contribution is 5.88. The number of ether oxygens (including phenoxy) is 4. The number of aromatic hydroxyl groups is 4. The number of carbonyl (C=O) groups is 1. The van der Waals surface area contributed by atoms with Gasteiger partial charge in [0, 0.05) is 23.8 Å². The van der Waals surface area contributed by atoms with Gasteiger partial charge in [0.05, 0.1) is 7.11 Å². The summed E-state index contributed by atoms with van der Waals surface area (Å²) in [6.07, 6.45) is -6.31. The summed E-state index contributed by atoms with van der Waals surface area (Å²) in [6, 6.07) is 11.8. The molecule has 4 aromatic rings. The van der Waals surface area contributed by atoms with Crippen molar-refractivity contribution in [2.75, 3.05) is 13.7 Å². The summed E-state index contributed by atoms with van der Waals surface area (Å²) in [6.45, 7) is -0.599. The summed E-state index contributed by atoms with van der Waals surface area (Å²) in [5.41, 5.74) is -0.492. The number of methoxy groups -OCH3 is 1. The highest BCUT2D eigenvalue weighted by Gasteiger charge is 2.46. The Balaban J connectivity index is 1.45. The van der Waals surface area contributed by atoms with Crippen LogP contribution in [0.4, 0.5) is 0 Å². The van der Waals surface area contributed by atoms with Crippen molar-refractivity contribution in [1.82, 2.24) is 0 Å². The predicted octanol–water partition coefficient (Wildman–Crippen LogP) is 1.73. The second-order valence-corrected chi connectivity index (χ2v) is 10.0. The quantitative estimate of drug-likeness (QED) is 0.110. The lowest BCUT2D eigenvalue weighted by Gasteiger charge is -2.39. The highest BCUT2D eigenvalue weighted by atomic mass is 16.7. The molecule has 0 radical (unpaired) electrons. The summed E-state index contributed by atoms with van der Waals surface area (Å²) in [7, 11) is 1.29. The Kier molecular flexibility index (Phi) is 8.83. The van der Waals surface area contributed by atoms with Gasteiger partial charge in [-0.3, -0.25) is 4.79 Å². The number of phenolic OH excluding ortho intramolecular Hbond substituents is 4. The second kappa shape index (κ2) is 12.8. The maximum absolute atomic E-state index is 13.7. The van der Waals surface area contributed by atoms with Crippen LogP contribution < -0.4 is 14.9 Å². The van der Waals surface area contributed by atoms with E-state index in [1.54, 1.807) is 12.1 Å². The van der Waals surface area contributed by atoms with Crippen molar-refractivity contribution in [1.29, 1.82) is 0 Å². The molecule has 0 bridgehead atoms. The molecular weight excluding hydrogens is 596 g/mol. The van der Waals surface area contributed by atoms with Crippen LogP contribution in [0.2, 0.25) is 0 Å². The van der Waals surface area contributed by atoms with E-state index in [1.165, 1.54) is 43.5 Å². The number of esters is 1. The molecule has 14 nitrogen and oxygen atoms in total. The van der Waals surface area contributed by atoms with Crippen LogP contribution in [-0.4, -0.2) is 86.1 Å². The van der Waals surface area contributed by atoms with Gasteiger partial charge < -0.3 is 59.1 Å².